The highest BCUT2D eigenvalue weighted by molar-refractivity contribution is 7.93. The number of urea groups is 1. The number of nitrogens with two attached hydrogens (primary N) is 1. The van der Waals surface area contributed by atoms with E-state index in [0.29, 0.717) is 30.2 Å². The molecule has 0 bridgehead atoms. The average Bonchev–Trinajstić information content (AvgIpc) is 3.28. The van der Waals surface area contributed by atoms with Crippen LogP contribution in [0.1, 0.15) is 11.5 Å². The summed E-state index contributed by atoms with van der Waals surface area (Å²) in [6, 6.07) is -0.272. The molecule has 2 aliphatic heterocycles. The van der Waals surface area contributed by atoms with Crippen molar-refractivity contribution in [2.24, 2.45) is 10.7 Å². The highest BCUT2D eigenvalue weighted by Gasteiger charge is 2.38. The summed E-state index contributed by atoms with van der Waals surface area (Å²) in [4.78, 5) is 17.8. The van der Waals surface area contributed by atoms with Crippen LogP contribution in [-0.2, 0) is 10.0 Å². The first kappa shape index (κ1) is 19.1. The minimum atomic E-state index is -3.74. The van der Waals surface area contributed by atoms with E-state index in [2.05, 4.69) is 15.5 Å². The van der Waals surface area contributed by atoms with Gasteiger partial charge in [0.05, 0.1) is 0 Å². The number of sulfonamides is 1. The second kappa shape index (κ2) is 7.16. The fraction of sp³-hybridized carbons (Fsp3) is 0.438. The number of hydrogen-bond acceptors (Lipinski definition) is 7. The Kier molecular flexibility index (Phi) is 5.07. The molecular formula is C16H22N6O4S. The molecule has 0 fully saturated rings. The molecule has 0 saturated heterocycles. The van der Waals surface area contributed by atoms with Crippen LogP contribution in [0.3, 0.4) is 0 Å². The summed E-state index contributed by atoms with van der Waals surface area (Å²) in [5, 5.41) is 6.36. The Morgan fingerprint density at radius 2 is 1.89 bits per heavy atom. The van der Waals surface area contributed by atoms with Crippen LogP contribution < -0.4 is 11.1 Å². The molecule has 2 aliphatic rings. The highest BCUT2D eigenvalue weighted by atomic mass is 32.2. The van der Waals surface area contributed by atoms with Crippen molar-refractivity contribution in [1.82, 2.24) is 14.4 Å². The van der Waals surface area contributed by atoms with Crippen molar-refractivity contribution >= 4 is 28.0 Å². The van der Waals surface area contributed by atoms with E-state index in [1.165, 1.54) is 23.6 Å². The van der Waals surface area contributed by atoms with Gasteiger partial charge in [0.15, 0.2) is 5.76 Å². The minimum Gasteiger partial charge on any atom is -0.388 e. The van der Waals surface area contributed by atoms with E-state index in [0.717, 1.165) is 11.1 Å². The number of carbonyl (C=O) groups is 1. The molecule has 0 atom stereocenters. The van der Waals surface area contributed by atoms with Crippen LogP contribution >= 0.6 is 0 Å². The average molecular weight is 394 g/mol. The molecule has 0 saturated carbocycles. The second-order valence-electron chi connectivity index (χ2n) is 6.44. The van der Waals surface area contributed by atoms with E-state index in [4.69, 9.17) is 10.3 Å². The fourth-order valence-electron chi connectivity index (χ4n) is 3.09. The molecule has 3 heterocycles. The smallest absolute Gasteiger partial charge is 0.322 e. The molecule has 27 heavy (non-hydrogen) atoms. The SMILES string of the molecule is CN=CC=C(N)S(=O)(=O)N1CC2=C(CN(C(=O)Nc3c(C)noc3C)C2)C1. The fourth-order valence-corrected chi connectivity index (χ4v) is 4.27. The van der Waals surface area contributed by atoms with Gasteiger partial charge in [0.1, 0.15) is 16.4 Å². The number of aryl methyl sites for hydroxylation is 2. The lowest BCUT2D eigenvalue weighted by Gasteiger charge is -2.23. The maximum atomic E-state index is 12.5. The van der Waals surface area contributed by atoms with Crippen molar-refractivity contribution in [2.75, 3.05) is 38.5 Å². The summed E-state index contributed by atoms with van der Waals surface area (Å²) in [5.41, 5.74) is 8.69. The summed E-state index contributed by atoms with van der Waals surface area (Å²) in [5.74, 6) is 0.538. The van der Waals surface area contributed by atoms with Gasteiger partial charge in [0.25, 0.3) is 10.0 Å². The van der Waals surface area contributed by atoms with E-state index >= 15 is 0 Å². The first-order valence-corrected chi connectivity index (χ1v) is 9.74. The Labute approximate surface area is 157 Å². The van der Waals surface area contributed by atoms with Crippen LogP contribution in [0.2, 0.25) is 0 Å². The third-order valence-corrected chi connectivity index (χ3v) is 6.25. The van der Waals surface area contributed by atoms with E-state index < -0.39 is 10.0 Å². The van der Waals surface area contributed by atoms with Gasteiger partial charge in [0.2, 0.25) is 0 Å². The first-order chi connectivity index (χ1) is 12.7. The lowest BCUT2D eigenvalue weighted by atomic mass is 10.2. The Bertz CT molecular complexity index is 922. The predicted molar refractivity (Wildman–Crippen MR) is 101 cm³/mol. The first-order valence-electron chi connectivity index (χ1n) is 8.30. The number of nitrogens with one attached hydrogen (secondary N) is 1. The normalized spacial score (nSPS) is 18.6. The Balaban J connectivity index is 1.62. The lowest BCUT2D eigenvalue weighted by Crippen LogP contribution is -2.39. The van der Waals surface area contributed by atoms with E-state index in [1.807, 2.05) is 0 Å². The Morgan fingerprint density at radius 1 is 1.26 bits per heavy atom. The van der Waals surface area contributed by atoms with Gasteiger partial charge in [-0.2, -0.15) is 4.31 Å². The van der Waals surface area contributed by atoms with Crippen LogP contribution in [0.15, 0.2) is 31.8 Å². The van der Waals surface area contributed by atoms with Crippen LogP contribution in [-0.4, -0.2) is 68.3 Å². The summed E-state index contributed by atoms with van der Waals surface area (Å²) in [6.07, 6.45) is 2.60. The molecule has 0 unspecified atom stereocenters. The number of allylic oxidation sites excluding steroid dienone is 1. The number of anilines is 1. The molecule has 1 aromatic heterocycles. The summed E-state index contributed by atoms with van der Waals surface area (Å²) in [6.45, 7) is 4.67. The van der Waals surface area contributed by atoms with Gasteiger partial charge in [-0.25, -0.2) is 13.2 Å². The zero-order valence-electron chi connectivity index (χ0n) is 15.4. The van der Waals surface area contributed by atoms with Gasteiger partial charge < -0.3 is 20.5 Å². The maximum absolute atomic E-state index is 12.5. The number of nitrogens with zero attached hydrogens (tertiary/aromatic N) is 4. The third kappa shape index (κ3) is 3.60. The van der Waals surface area contributed by atoms with Crippen molar-refractivity contribution in [1.29, 1.82) is 0 Å². The zero-order chi connectivity index (χ0) is 19.8. The Morgan fingerprint density at radius 3 is 2.41 bits per heavy atom. The van der Waals surface area contributed by atoms with Crippen LogP contribution in [0.5, 0.6) is 0 Å². The molecule has 0 spiro atoms. The molecule has 10 nitrogen and oxygen atoms in total. The number of carbonyl (C=O) groups excluding carboxylic acids is 1. The van der Waals surface area contributed by atoms with Crippen LogP contribution in [0.4, 0.5) is 10.5 Å². The molecule has 11 heteroatoms. The third-order valence-electron chi connectivity index (χ3n) is 4.58. The van der Waals surface area contributed by atoms with Gasteiger partial charge in [0, 0.05) is 39.4 Å². The number of aromatic nitrogens is 1. The van der Waals surface area contributed by atoms with E-state index in [9.17, 15) is 13.2 Å². The van der Waals surface area contributed by atoms with Crippen molar-refractivity contribution in [3.63, 3.8) is 0 Å². The molecule has 0 aliphatic carbocycles. The van der Waals surface area contributed by atoms with Crippen LogP contribution in [0.25, 0.3) is 0 Å². The maximum Gasteiger partial charge on any atom is 0.322 e. The van der Waals surface area contributed by atoms with Gasteiger partial charge in [-0.05, 0) is 31.1 Å². The lowest BCUT2D eigenvalue weighted by molar-refractivity contribution is 0.222. The Hall–Kier alpha value is -2.66. The largest absolute Gasteiger partial charge is 0.388 e. The summed E-state index contributed by atoms with van der Waals surface area (Å²) < 4.78 is 31.4. The number of aliphatic imine (C=N–C) groups is 1. The zero-order valence-corrected chi connectivity index (χ0v) is 16.2. The molecule has 146 valence electrons. The second-order valence-corrected chi connectivity index (χ2v) is 8.38. The quantitative estimate of drug-likeness (QED) is 0.567. The topological polar surface area (TPSA) is 134 Å². The summed E-state index contributed by atoms with van der Waals surface area (Å²) >= 11 is 0. The molecule has 3 rings (SSSR count). The standard InChI is InChI=1S/C16H22N6O4S/c1-10-15(11(2)26-20-10)19-16(23)21-6-12-8-22(9-13(12)7-21)27(24,25)14(17)4-5-18-3/h4-5H,6-9,17H2,1-3H3,(H,19,23). The van der Waals surface area contributed by atoms with Gasteiger partial charge >= 0.3 is 6.03 Å². The number of amides is 2. The highest BCUT2D eigenvalue weighted by Crippen LogP contribution is 2.29. The molecule has 1 aromatic rings. The molecular weight excluding hydrogens is 372 g/mol. The van der Waals surface area contributed by atoms with Crippen molar-refractivity contribution in [2.45, 2.75) is 13.8 Å². The van der Waals surface area contributed by atoms with Gasteiger partial charge in [-0.15, -0.1) is 0 Å². The summed E-state index contributed by atoms with van der Waals surface area (Å²) in [7, 11) is -2.21. The van der Waals surface area contributed by atoms with Gasteiger partial charge in [-0.1, -0.05) is 5.16 Å². The van der Waals surface area contributed by atoms with Crippen LogP contribution in [0, 0.1) is 13.8 Å². The molecule has 2 amide bonds. The monoisotopic (exact) mass is 394 g/mol. The number of hydrogen-bond donors (Lipinski definition) is 2. The molecule has 0 radical (unpaired) electrons. The number of rotatable bonds is 4. The molecule has 0 aromatic carbocycles. The van der Waals surface area contributed by atoms with Crippen molar-refractivity contribution in [3.05, 3.63) is 33.7 Å². The van der Waals surface area contributed by atoms with Gasteiger partial charge in [-0.3, -0.25) is 4.99 Å². The van der Waals surface area contributed by atoms with Crippen molar-refractivity contribution in [3.8, 4) is 0 Å². The van der Waals surface area contributed by atoms with Crippen molar-refractivity contribution < 1.29 is 17.7 Å². The predicted octanol–water partition coefficient (Wildman–Crippen LogP) is 0.582. The molecule has 3 N–H and O–H groups in total. The van der Waals surface area contributed by atoms with E-state index in [1.54, 1.807) is 18.7 Å². The minimum absolute atomic E-state index is 0.227. The van der Waals surface area contributed by atoms with E-state index in [-0.39, 0.29) is 24.1 Å².